The molecule has 0 spiro atoms. The second kappa shape index (κ2) is 7.27. The van der Waals surface area contributed by atoms with E-state index in [1.54, 1.807) is 11.3 Å². The van der Waals surface area contributed by atoms with Gasteiger partial charge in [-0.15, -0.1) is 11.3 Å². The van der Waals surface area contributed by atoms with Crippen molar-refractivity contribution in [3.63, 3.8) is 0 Å². The molecule has 1 aromatic carbocycles. The number of rotatable bonds is 4. The second-order valence-corrected chi connectivity index (χ2v) is 6.72. The van der Waals surface area contributed by atoms with Gasteiger partial charge in [0.05, 0.1) is 0 Å². The summed E-state index contributed by atoms with van der Waals surface area (Å²) < 4.78 is 32.6. The maximum Gasteiger partial charge on any atom is 0.319 e. The number of anilines is 1. The van der Waals surface area contributed by atoms with Gasteiger partial charge in [-0.1, -0.05) is 12.1 Å². The molecule has 2 heterocycles. The van der Waals surface area contributed by atoms with E-state index >= 15 is 0 Å². The monoisotopic (exact) mass is 352 g/mol. The lowest BCUT2D eigenvalue weighted by Crippen LogP contribution is -2.45. The molecule has 4 nitrogen and oxygen atoms in total. The Morgan fingerprint density at radius 1 is 1.17 bits per heavy atom. The highest BCUT2D eigenvalue weighted by Gasteiger charge is 2.35. The first-order valence-corrected chi connectivity index (χ1v) is 8.59. The van der Waals surface area contributed by atoms with Crippen LogP contribution in [0.15, 0.2) is 35.7 Å². The van der Waals surface area contributed by atoms with Gasteiger partial charge >= 0.3 is 6.03 Å². The van der Waals surface area contributed by atoms with Crippen LogP contribution in [0.5, 0.6) is 0 Å². The van der Waals surface area contributed by atoms with Gasteiger partial charge in [-0.3, -0.25) is 0 Å². The first kappa shape index (κ1) is 16.9. The first-order valence-electron chi connectivity index (χ1n) is 7.71. The van der Waals surface area contributed by atoms with E-state index in [2.05, 4.69) is 10.6 Å². The van der Waals surface area contributed by atoms with Crippen LogP contribution in [-0.4, -0.2) is 25.8 Å². The smallest absolute Gasteiger partial charge is 0.319 e. The number of carbonyl (C=O) groups is 1. The van der Waals surface area contributed by atoms with Crippen molar-refractivity contribution in [2.75, 3.05) is 25.1 Å². The topological polar surface area (TPSA) is 50.4 Å². The van der Waals surface area contributed by atoms with Crippen LogP contribution in [0.1, 0.15) is 17.7 Å². The molecule has 1 fully saturated rings. The predicted molar refractivity (Wildman–Crippen MR) is 89.4 cm³/mol. The summed E-state index contributed by atoms with van der Waals surface area (Å²) >= 11 is 1.64. The summed E-state index contributed by atoms with van der Waals surface area (Å²) in [7, 11) is 0. The highest BCUT2D eigenvalue weighted by molar-refractivity contribution is 7.10. The van der Waals surface area contributed by atoms with Gasteiger partial charge < -0.3 is 15.4 Å². The van der Waals surface area contributed by atoms with Crippen LogP contribution in [0.2, 0.25) is 0 Å². The molecule has 0 radical (unpaired) electrons. The molecule has 1 aliphatic rings. The molecule has 1 aromatic heterocycles. The van der Waals surface area contributed by atoms with Crippen molar-refractivity contribution in [2.45, 2.75) is 18.3 Å². The fourth-order valence-electron chi connectivity index (χ4n) is 2.88. The average molecular weight is 352 g/mol. The molecule has 3 rings (SSSR count). The fraction of sp³-hybridized carbons (Fsp3) is 0.353. The van der Waals surface area contributed by atoms with Crippen molar-refractivity contribution in [1.29, 1.82) is 0 Å². The Morgan fingerprint density at radius 2 is 1.88 bits per heavy atom. The fourth-order valence-corrected chi connectivity index (χ4v) is 3.86. The van der Waals surface area contributed by atoms with Crippen molar-refractivity contribution in [3.05, 3.63) is 52.2 Å². The summed E-state index contributed by atoms with van der Waals surface area (Å²) in [5.74, 6) is -1.60. The minimum atomic E-state index is -0.802. The minimum Gasteiger partial charge on any atom is -0.381 e. The van der Waals surface area contributed by atoms with E-state index < -0.39 is 23.4 Å². The number of nitrogens with one attached hydrogen (secondary N) is 2. The van der Waals surface area contributed by atoms with E-state index in [-0.39, 0.29) is 5.41 Å². The van der Waals surface area contributed by atoms with Crippen LogP contribution >= 0.6 is 11.3 Å². The van der Waals surface area contributed by atoms with Gasteiger partial charge in [0.2, 0.25) is 0 Å². The standard InChI is InChI=1S/C17H18F2N2O2S/c18-12-3-1-4-13(19)15(12)21-16(22)20-11-17(6-8-23-9-7-17)14-5-2-10-24-14/h1-5,10H,6-9,11H2,(H2,20,21,22). The van der Waals surface area contributed by atoms with Crippen LogP contribution in [-0.2, 0) is 10.2 Å². The largest absolute Gasteiger partial charge is 0.381 e. The van der Waals surface area contributed by atoms with Crippen molar-refractivity contribution in [2.24, 2.45) is 0 Å². The molecule has 2 amide bonds. The number of urea groups is 1. The van der Waals surface area contributed by atoms with Gasteiger partial charge in [0.1, 0.15) is 17.3 Å². The molecule has 0 bridgehead atoms. The quantitative estimate of drug-likeness (QED) is 0.877. The maximum absolute atomic E-state index is 13.6. The highest BCUT2D eigenvalue weighted by atomic mass is 32.1. The molecule has 0 saturated carbocycles. The average Bonchev–Trinajstić information content (AvgIpc) is 3.13. The molecular weight excluding hydrogens is 334 g/mol. The van der Waals surface area contributed by atoms with E-state index in [4.69, 9.17) is 4.74 Å². The van der Waals surface area contributed by atoms with Gasteiger partial charge in [-0.2, -0.15) is 0 Å². The van der Waals surface area contributed by atoms with Crippen molar-refractivity contribution >= 4 is 23.1 Å². The number of thiophene rings is 1. The minimum absolute atomic E-state index is 0.197. The third-order valence-electron chi connectivity index (χ3n) is 4.28. The molecule has 0 atom stereocenters. The van der Waals surface area contributed by atoms with Gasteiger partial charge in [-0.25, -0.2) is 13.6 Å². The molecular formula is C17H18F2N2O2S. The van der Waals surface area contributed by atoms with Crippen LogP contribution < -0.4 is 10.6 Å². The number of hydrogen-bond donors (Lipinski definition) is 2. The molecule has 24 heavy (non-hydrogen) atoms. The lowest BCUT2D eigenvalue weighted by atomic mass is 9.78. The third-order valence-corrected chi connectivity index (χ3v) is 5.40. The van der Waals surface area contributed by atoms with Crippen LogP contribution in [0.3, 0.4) is 0 Å². The molecule has 0 unspecified atom stereocenters. The highest BCUT2D eigenvalue weighted by Crippen LogP contribution is 2.37. The number of benzene rings is 1. The first-order chi connectivity index (χ1) is 11.6. The summed E-state index contributed by atoms with van der Waals surface area (Å²) in [6.45, 7) is 1.64. The van der Waals surface area contributed by atoms with Crippen molar-refractivity contribution in [1.82, 2.24) is 5.32 Å². The van der Waals surface area contributed by atoms with Crippen molar-refractivity contribution in [3.8, 4) is 0 Å². The number of amides is 2. The zero-order valence-corrected chi connectivity index (χ0v) is 13.8. The molecule has 0 aliphatic carbocycles. The Kier molecular flexibility index (Phi) is 5.11. The maximum atomic E-state index is 13.6. The molecule has 7 heteroatoms. The predicted octanol–water partition coefficient (Wildman–Crippen LogP) is 3.90. The lowest BCUT2D eigenvalue weighted by molar-refractivity contribution is 0.0521. The van der Waals surface area contributed by atoms with E-state index in [9.17, 15) is 13.6 Å². The summed E-state index contributed by atoms with van der Waals surface area (Å²) in [4.78, 5) is 13.3. The molecule has 2 N–H and O–H groups in total. The van der Waals surface area contributed by atoms with Crippen LogP contribution in [0.25, 0.3) is 0 Å². The van der Waals surface area contributed by atoms with Gasteiger partial charge in [0.15, 0.2) is 0 Å². The van der Waals surface area contributed by atoms with E-state index in [1.165, 1.54) is 10.9 Å². The van der Waals surface area contributed by atoms with Crippen LogP contribution in [0.4, 0.5) is 19.3 Å². The molecule has 128 valence electrons. The zero-order chi connectivity index (χ0) is 17.0. The number of halogens is 2. The summed E-state index contributed by atoms with van der Waals surface area (Å²) in [6.07, 6.45) is 1.59. The number of para-hydroxylation sites is 1. The molecule has 1 aliphatic heterocycles. The van der Waals surface area contributed by atoms with Gasteiger partial charge in [-0.05, 0) is 36.4 Å². The molecule has 1 saturated heterocycles. The van der Waals surface area contributed by atoms with E-state index in [0.717, 1.165) is 25.0 Å². The Bertz CT molecular complexity index is 680. The van der Waals surface area contributed by atoms with Gasteiger partial charge in [0.25, 0.3) is 0 Å². The normalized spacial score (nSPS) is 16.6. The van der Waals surface area contributed by atoms with Crippen molar-refractivity contribution < 1.29 is 18.3 Å². The lowest BCUT2D eigenvalue weighted by Gasteiger charge is -2.36. The summed E-state index contributed by atoms with van der Waals surface area (Å²) in [5, 5.41) is 7.01. The number of ether oxygens (including phenoxy) is 1. The SMILES string of the molecule is O=C(NCC1(c2cccs2)CCOCC1)Nc1c(F)cccc1F. The Balaban J connectivity index is 1.68. The Morgan fingerprint density at radius 3 is 2.50 bits per heavy atom. The van der Waals surface area contributed by atoms with Gasteiger partial charge in [0, 0.05) is 30.1 Å². The Labute approximate surface area is 142 Å². The second-order valence-electron chi connectivity index (χ2n) is 5.77. The van der Waals surface area contributed by atoms with E-state index in [0.29, 0.717) is 19.8 Å². The Hall–Kier alpha value is -1.99. The van der Waals surface area contributed by atoms with E-state index in [1.807, 2.05) is 17.5 Å². The zero-order valence-electron chi connectivity index (χ0n) is 13.0. The number of carbonyl (C=O) groups excluding carboxylic acids is 1. The summed E-state index contributed by atoms with van der Waals surface area (Å²) in [6, 6.07) is 6.86. The van der Waals surface area contributed by atoms with Crippen LogP contribution in [0, 0.1) is 11.6 Å². The number of hydrogen-bond acceptors (Lipinski definition) is 3. The summed E-state index contributed by atoms with van der Waals surface area (Å²) in [5.41, 5.74) is -0.635. The third kappa shape index (κ3) is 3.57. The molecule has 2 aromatic rings.